The van der Waals surface area contributed by atoms with Crippen LogP contribution < -0.4 is 5.32 Å². The summed E-state index contributed by atoms with van der Waals surface area (Å²) < 4.78 is 11.3. The van der Waals surface area contributed by atoms with E-state index >= 15 is 0 Å². The van der Waals surface area contributed by atoms with Crippen LogP contribution in [0.5, 0.6) is 0 Å². The number of amides is 2. The zero-order chi connectivity index (χ0) is 13.9. The number of nitrogens with one attached hydrogen (secondary N) is 1. The summed E-state index contributed by atoms with van der Waals surface area (Å²) in [5.41, 5.74) is 0. The average Bonchev–Trinajstić information content (AvgIpc) is 2.91. The van der Waals surface area contributed by atoms with Gasteiger partial charge in [-0.25, -0.2) is 4.79 Å². The van der Waals surface area contributed by atoms with Crippen molar-refractivity contribution in [1.82, 2.24) is 10.2 Å². The molecule has 1 aliphatic heterocycles. The van der Waals surface area contributed by atoms with Gasteiger partial charge in [0, 0.05) is 19.0 Å². The molecule has 110 valence electrons. The smallest absolute Gasteiger partial charge is 0.318 e. The number of hydrogen-bond donors (Lipinski definition) is 1. The Kier molecular flexibility index (Phi) is 3.96. The van der Waals surface area contributed by atoms with E-state index in [1.54, 1.807) is 0 Å². The van der Waals surface area contributed by atoms with Crippen molar-refractivity contribution in [2.24, 2.45) is 0 Å². The number of morpholine rings is 1. The average molecular weight is 278 g/mol. The van der Waals surface area contributed by atoms with E-state index in [-0.39, 0.29) is 12.1 Å². The molecule has 0 radical (unpaired) electrons. The predicted molar refractivity (Wildman–Crippen MR) is 74.5 cm³/mol. The molecule has 1 saturated carbocycles. The molecule has 1 aromatic heterocycles. The first-order chi connectivity index (χ1) is 9.78. The lowest BCUT2D eigenvalue weighted by atomic mass is 9.93. The lowest BCUT2D eigenvalue weighted by molar-refractivity contribution is 0.00284. The minimum atomic E-state index is -0.107. The minimum Gasteiger partial charge on any atom is -0.464 e. The maximum atomic E-state index is 12.4. The van der Waals surface area contributed by atoms with Crippen LogP contribution in [0.1, 0.15) is 43.7 Å². The number of nitrogens with zero attached hydrogens (tertiary/aromatic N) is 1. The Hall–Kier alpha value is -1.49. The van der Waals surface area contributed by atoms with E-state index in [1.807, 2.05) is 17.0 Å². The summed E-state index contributed by atoms with van der Waals surface area (Å²) in [6.45, 7) is 3.77. The lowest BCUT2D eigenvalue weighted by Crippen LogP contribution is -2.52. The second-order valence-corrected chi connectivity index (χ2v) is 5.52. The van der Waals surface area contributed by atoms with Crippen molar-refractivity contribution in [3.8, 4) is 0 Å². The Morgan fingerprint density at radius 2 is 2.30 bits per heavy atom. The number of ether oxygens (including phenoxy) is 1. The summed E-state index contributed by atoms with van der Waals surface area (Å²) in [5.74, 6) is 1.77. The van der Waals surface area contributed by atoms with Crippen LogP contribution in [-0.4, -0.2) is 36.7 Å². The van der Waals surface area contributed by atoms with Gasteiger partial charge >= 0.3 is 6.03 Å². The van der Waals surface area contributed by atoms with Gasteiger partial charge in [-0.15, -0.1) is 0 Å². The predicted octanol–water partition coefficient (Wildman–Crippen LogP) is 2.48. The summed E-state index contributed by atoms with van der Waals surface area (Å²) >= 11 is 0. The van der Waals surface area contributed by atoms with E-state index in [0.717, 1.165) is 30.8 Å². The number of furan rings is 1. The molecule has 2 aliphatic rings. The van der Waals surface area contributed by atoms with Crippen LogP contribution in [0.25, 0.3) is 0 Å². The van der Waals surface area contributed by atoms with E-state index in [4.69, 9.17) is 9.15 Å². The fourth-order valence-electron chi connectivity index (χ4n) is 2.66. The Bertz CT molecular complexity index is 467. The van der Waals surface area contributed by atoms with Crippen molar-refractivity contribution in [2.45, 2.75) is 44.7 Å². The van der Waals surface area contributed by atoms with Gasteiger partial charge in [0.2, 0.25) is 0 Å². The summed E-state index contributed by atoms with van der Waals surface area (Å²) in [7, 11) is 0. The highest BCUT2D eigenvalue weighted by molar-refractivity contribution is 5.75. The fraction of sp³-hybridized carbons (Fsp3) is 0.667. The first-order valence-corrected chi connectivity index (χ1v) is 7.51. The Labute approximate surface area is 119 Å². The summed E-state index contributed by atoms with van der Waals surface area (Å²) in [5, 5.41) is 3.10. The van der Waals surface area contributed by atoms with Gasteiger partial charge < -0.3 is 19.4 Å². The number of rotatable bonds is 3. The molecule has 0 spiro atoms. The van der Waals surface area contributed by atoms with Crippen molar-refractivity contribution >= 4 is 6.03 Å². The Morgan fingerprint density at radius 3 is 2.95 bits per heavy atom. The first kappa shape index (κ1) is 13.5. The number of hydrogen-bond acceptors (Lipinski definition) is 3. The van der Waals surface area contributed by atoms with Gasteiger partial charge in [-0.1, -0.05) is 6.92 Å². The number of urea groups is 1. The molecule has 1 aliphatic carbocycles. The van der Waals surface area contributed by atoms with Crippen molar-refractivity contribution in [3.05, 3.63) is 23.7 Å². The summed E-state index contributed by atoms with van der Waals surface area (Å²) in [6, 6.07) is 4.20. The molecule has 1 aromatic rings. The maximum Gasteiger partial charge on any atom is 0.318 e. The Balaban J connectivity index is 1.70. The van der Waals surface area contributed by atoms with Gasteiger partial charge in [-0.05, 0) is 31.4 Å². The van der Waals surface area contributed by atoms with Gasteiger partial charge in [0.1, 0.15) is 17.6 Å². The molecule has 1 atom stereocenters. The second-order valence-electron chi connectivity index (χ2n) is 5.52. The Morgan fingerprint density at radius 1 is 1.45 bits per heavy atom. The van der Waals surface area contributed by atoms with Crippen molar-refractivity contribution in [1.29, 1.82) is 0 Å². The standard InChI is InChI=1S/C15H22N2O3/c1-2-12-6-7-14(20-12)13-10-19-9-8-17(13)15(18)16-11-4-3-5-11/h6-7,11,13H,2-5,8-10H2,1H3,(H,16,18). The molecule has 2 amide bonds. The SMILES string of the molecule is CCc1ccc(C2COCCN2C(=O)NC2CCC2)o1. The third kappa shape index (κ3) is 2.68. The fourth-order valence-corrected chi connectivity index (χ4v) is 2.66. The molecule has 1 saturated heterocycles. The van der Waals surface area contributed by atoms with Crippen LogP contribution in [0.15, 0.2) is 16.5 Å². The van der Waals surface area contributed by atoms with Crippen LogP contribution in [0.2, 0.25) is 0 Å². The largest absolute Gasteiger partial charge is 0.464 e. The number of carbonyl (C=O) groups excluding carboxylic acids is 1. The molecular weight excluding hydrogens is 256 g/mol. The monoisotopic (exact) mass is 278 g/mol. The molecule has 1 N–H and O–H groups in total. The molecule has 5 nitrogen and oxygen atoms in total. The van der Waals surface area contributed by atoms with Crippen molar-refractivity contribution in [2.75, 3.05) is 19.8 Å². The molecule has 0 aromatic carbocycles. The van der Waals surface area contributed by atoms with Crippen molar-refractivity contribution < 1.29 is 13.9 Å². The van der Waals surface area contributed by atoms with E-state index in [9.17, 15) is 4.79 Å². The van der Waals surface area contributed by atoms with Crippen molar-refractivity contribution in [3.63, 3.8) is 0 Å². The highest BCUT2D eigenvalue weighted by Gasteiger charge is 2.32. The highest BCUT2D eigenvalue weighted by atomic mass is 16.5. The molecule has 3 rings (SSSR count). The molecule has 20 heavy (non-hydrogen) atoms. The lowest BCUT2D eigenvalue weighted by Gasteiger charge is -2.37. The highest BCUT2D eigenvalue weighted by Crippen LogP contribution is 2.27. The third-order valence-corrected chi connectivity index (χ3v) is 4.18. The van der Waals surface area contributed by atoms with Crippen LogP contribution in [-0.2, 0) is 11.2 Å². The van der Waals surface area contributed by atoms with Crippen LogP contribution in [0, 0.1) is 0 Å². The van der Waals surface area contributed by atoms with Crippen LogP contribution >= 0.6 is 0 Å². The molecule has 2 fully saturated rings. The first-order valence-electron chi connectivity index (χ1n) is 7.51. The zero-order valence-corrected chi connectivity index (χ0v) is 11.9. The van der Waals surface area contributed by atoms with Gasteiger partial charge in [0.15, 0.2) is 0 Å². The topological polar surface area (TPSA) is 54.7 Å². The molecule has 2 heterocycles. The van der Waals surface area contributed by atoms with Crippen LogP contribution in [0.3, 0.4) is 0 Å². The second kappa shape index (κ2) is 5.87. The van der Waals surface area contributed by atoms with Gasteiger partial charge in [-0.2, -0.15) is 0 Å². The normalized spacial score (nSPS) is 23.4. The van der Waals surface area contributed by atoms with E-state index in [2.05, 4.69) is 12.2 Å². The zero-order valence-electron chi connectivity index (χ0n) is 11.9. The van der Waals surface area contributed by atoms with Crippen LogP contribution in [0.4, 0.5) is 4.79 Å². The van der Waals surface area contributed by atoms with E-state index in [1.165, 1.54) is 6.42 Å². The van der Waals surface area contributed by atoms with Gasteiger partial charge in [-0.3, -0.25) is 0 Å². The molecular formula is C15H22N2O3. The number of aryl methyl sites for hydroxylation is 1. The number of carbonyl (C=O) groups is 1. The quantitative estimate of drug-likeness (QED) is 0.924. The van der Waals surface area contributed by atoms with Gasteiger partial charge in [0.25, 0.3) is 0 Å². The summed E-state index contributed by atoms with van der Waals surface area (Å²) in [6.07, 6.45) is 4.28. The third-order valence-electron chi connectivity index (χ3n) is 4.18. The molecule has 5 heteroatoms. The molecule has 1 unspecified atom stereocenters. The van der Waals surface area contributed by atoms with E-state index in [0.29, 0.717) is 25.8 Å². The molecule has 0 bridgehead atoms. The van der Waals surface area contributed by atoms with E-state index < -0.39 is 0 Å². The minimum absolute atomic E-state index is 0.0115. The summed E-state index contributed by atoms with van der Waals surface area (Å²) in [4.78, 5) is 14.2. The van der Waals surface area contributed by atoms with Gasteiger partial charge in [0.05, 0.1) is 13.2 Å². The maximum absolute atomic E-state index is 12.4.